The Bertz CT molecular complexity index is 631. The first-order chi connectivity index (χ1) is 14.5. The molecule has 4 unspecified atom stereocenters. The lowest BCUT2D eigenvalue weighted by atomic mass is 9.73. The Kier molecular flexibility index (Phi) is 8.08. The number of nitrogens with zero attached hydrogens (tertiary/aromatic N) is 2. The molecular weight excluding hydrogens is 408 g/mol. The van der Waals surface area contributed by atoms with E-state index in [2.05, 4.69) is 20.4 Å². The highest BCUT2D eigenvalue weighted by Gasteiger charge is 2.52. The van der Waals surface area contributed by atoms with E-state index in [1.165, 1.54) is 0 Å². The van der Waals surface area contributed by atoms with Crippen LogP contribution in [0.4, 0.5) is 0 Å². The molecule has 0 radical (unpaired) electrons. The van der Waals surface area contributed by atoms with Crippen LogP contribution in [0.3, 0.4) is 0 Å². The predicted octanol–water partition coefficient (Wildman–Crippen LogP) is 1.25. The number of hydrogen-bond acceptors (Lipinski definition) is 6. The Morgan fingerprint density at radius 2 is 1.06 bits per heavy atom. The third-order valence-corrected chi connectivity index (χ3v) is 8.98. The number of carbonyl (C=O) groups excluding carboxylic acids is 2. The molecule has 8 heteroatoms. The molecule has 0 aromatic carbocycles. The lowest BCUT2D eigenvalue weighted by Crippen LogP contribution is -2.71. The minimum atomic E-state index is -1.03. The van der Waals surface area contributed by atoms with Crippen LogP contribution in [0.1, 0.15) is 80.1 Å². The molecule has 0 aliphatic carbocycles. The van der Waals surface area contributed by atoms with Crippen molar-refractivity contribution in [2.24, 2.45) is 0 Å². The van der Waals surface area contributed by atoms with Crippen LogP contribution in [-0.2, 0) is 9.59 Å². The first-order valence-corrected chi connectivity index (χ1v) is 12.0. The zero-order valence-electron chi connectivity index (χ0n) is 21.4. The third-order valence-electron chi connectivity index (χ3n) is 8.98. The van der Waals surface area contributed by atoms with Crippen LogP contribution in [0.5, 0.6) is 0 Å². The maximum absolute atomic E-state index is 12.5. The predicted molar refractivity (Wildman–Crippen MR) is 126 cm³/mol. The van der Waals surface area contributed by atoms with Crippen molar-refractivity contribution in [3.63, 3.8) is 0 Å². The van der Waals surface area contributed by atoms with Crippen molar-refractivity contribution < 1.29 is 19.8 Å². The highest BCUT2D eigenvalue weighted by Crippen LogP contribution is 2.37. The SMILES string of the molecule is CN1CCC(NC(=O)CCCCC(=O)NC2CCN(C)C(C)(C)C2(C)O)C(C)(O)C1(C)C. The number of amides is 2. The summed E-state index contributed by atoms with van der Waals surface area (Å²) >= 11 is 0. The lowest BCUT2D eigenvalue weighted by Gasteiger charge is -2.54. The van der Waals surface area contributed by atoms with E-state index in [0.717, 1.165) is 13.1 Å². The second-order valence-electron chi connectivity index (χ2n) is 11.3. The van der Waals surface area contributed by atoms with E-state index < -0.39 is 22.3 Å². The van der Waals surface area contributed by atoms with Crippen molar-refractivity contribution in [2.75, 3.05) is 27.2 Å². The van der Waals surface area contributed by atoms with Crippen LogP contribution in [0.25, 0.3) is 0 Å². The monoisotopic (exact) mass is 454 g/mol. The van der Waals surface area contributed by atoms with Gasteiger partial charge >= 0.3 is 0 Å². The van der Waals surface area contributed by atoms with Gasteiger partial charge in [-0.15, -0.1) is 0 Å². The molecule has 2 aliphatic heterocycles. The molecule has 2 fully saturated rings. The molecule has 0 bridgehead atoms. The molecule has 186 valence electrons. The Balaban J connectivity index is 1.76. The number of hydrogen-bond donors (Lipinski definition) is 4. The number of nitrogens with one attached hydrogen (secondary N) is 2. The fourth-order valence-corrected chi connectivity index (χ4v) is 4.92. The summed E-state index contributed by atoms with van der Waals surface area (Å²) in [6.07, 6.45) is 3.27. The van der Waals surface area contributed by atoms with Gasteiger partial charge in [0.25, 0.3) is 0 Å². The van der Waals surface area contributed by atoms with Gasteiger partial charge in [-0.25, -0.2) is 0 Å². The van der Waals surface area contributed by atoms with Crippen LogP contribution in [0.15, 0.2) is 0 Å². The third kappa shape index (κ3) is 5.13. The van der Waals surface area contributed by atoms with Crippen LogP contribution in [0.2, 0.25) is 0 Å². The van der Waals surface area contributed by atoms with Crippen molar-refractivity contribution in [1.29, 1.82) is 0 Å². The molecule has 0 aromatic heterocycles. The van der Waals surface area contributed by atoms with Gasteiger partial charge in [-0.3, -0.25) is 19.4 Å². The molecule has 0 saturated carbocycles. The summed E-state index contributed by atoms with van der Waals surface area (Å²) in [5.74, 6) is -0.174. The molecule has 4 N–H and O–H groups in total. The average Bonchev–Trinajstić information content (AvgIpc) is 2.68. The minimum absolute atomic E-state index is 0.0870. The fraction of sp³-hybridized carbons (Fsp3) is 0.917. The standard InChI is InChI=1S/C24H46N4O4/c1-21(2)23(5,31)17(13-15-27(21)7)25-19(29)11-9-10-12-20(30)26-18-14-16-28(8)22(3,4)24(18,6)32/h17-18,31-32H,9-16H2,1-8H3,(H,25,29)(H,26,30). The van der Waals surface area contributed by atoms with Gasteiger partial charge in [0, 0.05) is 37.0 Å². The van der Waals surface area contributed by atoms with Crippen LogP contribution in [-0.4, -0.2) is 93.4 Å². The molecule has 32 heavy (non-hydrogen) atoms. The molecule has 2 saturated heterocycles. The second-order valence-corrected chi connectivity index (χ2v) is 11.3. The highest BCUT2D eigenvalue weighted by atomic mass is 16.3. The van der Waals surface area contributed by atoms with E-state index in [1.54, 1.807) is 13.8 Å². The van der Waals surface area contributed by atoms with Gasteiger partial charge in [0.1, 0.15) is 0 Å². The molecular formula is C24H46N4O4. The molecule has 2 aliphatic rings. The average molecular weight is 455 g/mol. The van der Waals surface area contributed by atoms with Crippen molar-refractivity contribution in [3.8, 4) is 0 Å². The van der Waals surface area contributed by atoms with Crippen LogP contribution < -0.4 is 10.6 Å². The number of likely N-dealkylation sites (N-methyl/N-ethyl adjacent to an activating group) is 2. The van der Waals surface area contributed by atoms with Gasteiger partial charge in [-0.1, -0.05) is 0 Å². The van der Waals surface area contributed by atoms with Crippen molar-refractivity contribution in [2.45, 2.75) is 114 Å². The number of carbonyl (C=O) groups is 2. The van der Waals surface area contributed by atoms with Crippen molar-refractivity contribution in [3.05, 3.63) is 0 Å². The maximum atomic E-state index is 12.5. The normalized spacial score (nSPS) is 35.3. The minimum Gasteiger partial charge on any atom is -0.386 e. The van der Waals surface area contributed by atoms with E-state index in [4.69, 9.17) is 0 Å². The summed E-state index contributed by atoms with van der Waals surface area (Å²) in [5, 5.41) is 28.1. The van der Waals surface area contributed by atoms with Gasteiger partial charge < -0.3 is 20.8 Å². The molecule has 8 nitrogen and oxygen atoms in total. The van der Waals surface area contributed by atoms with E-state index in [9.17, 15) is 19.8 Å². The lowest BCUT2D eigenvalue weighted by molar-refractivity contribution is -0.142. The van der Waals surface area contributed by atoms with E-state index in [0.29, 0.717) is 38.5 Å². The number of piperidine rings is 2. The smallest absolute Gasteiger partial charge is 0.220 e. The Morgan fingerprint density at radius 1 is 0.750 bits per heavy atom. The zero-order valence-corrected chi connectivity index (χ0v) is 21.4. The summed E-state index contributed by atoms with van der Waals surface area (Å²) in [4.78, 5) is 29.2. The van der Waals surface area contributed by atoms with Gasteiger partial charge in [0.05, 0.1) is 23.3 Å². The Labute approximate surface area is 194 Å². The number of rotatable bonds is 7. The Morgan fingerprint density at radius 3 is 1.38 bits per heavy atom. The van der Waals surface area contributed by atoms with E-state index in [-0.39, 0.29) is 23.9 Å². The highest BCUT2D eigenvalue weighted by molar-refractivity contribution is 5.77. The van der Waals surface area contributed by atoms with Crippen molar-refractivity contribution >= 4 is 11.8 Å². The van der Waals surface area contributed by atoms with Gasteiger partial charge in [-0.2, -0.15) is 0 Å². The molecule has 0 spiro atoms. The molecule has 4 atom stereocenters. The first kappa shape index (κ1) is 27.0. The first-order valence-electron chi connectivity index (χ1n) is 12.0. The second kappa shape index (κ2) is 9.57. The summed E-state index contributed by atoms with van der Waals surface area (Å²) in [7, 11) is 3.98. The van der Waals surface area contributed by atoms with Gasteiger partial charge in [0.2, 0.25) is 11.8 Å². The van der Waals surface area contributed by atoms with E-state index >= 15 is 0 Å². The largest absolute Gasteiger partial charge is 0.386 e. The molecule has 2 rings (SSSR count). The topological polar surface area (TPSA) is 105 Å². The number of unbranched alkanes of at least 4 members (excludes halogenated alkanes) is 1. The van der Waals surface area contributed by atoms with Crippen LogP contribution in [0, 0.1) is 0 Å². The number of likely N-dealkylation sites (tertiary alicyclic amines) is 2. The molecule has 0 aromatic rings. The summed E-state index contributed by atoms with van der Waals surface area (Å²) in [6, 6.07) is -0.584. The maximum Gasteiger partial charge on any atom is 0.220 e. The quantitative estimate of drug-likeness (QED) is 0.432. The fourth-order valence-electron chi connectivity index (χ4n) is 4.92. The van der Waals surface area contributed by atoms with Gasteiger partial charge in [0.15, 0.2) is 0 Å². The van der Waals surface area contributed by atoms with Crippen LogP contribution >= 0.6 is 0 Å². The summed E-state index contributed by atoms with van der Waals surface area (Å²) in [5.41, 5.74) is -2.95. The zero-order chi connectivity index (χ0) is 24.5. The summed E-state index contributed by atoms with van der Waals surface area (Å²) in [6.45, 7) is 13.2. The van der Waals surface area contributed by atoms with E-state index in [1.807, 2.05) is 41.8 Å². The molecule has 2 amide bonds. The number of aliphatic hydroxyl groups is 2. The van der Waals surface area contributed by atoms with Gasteiger partial charge in [-0.05, 0) is 81.3 Å². The molecule has 2 heterocycles. The Hall–Kier alpha value is -1.22. The summed E-state index contributed by atoms with van der Waals surface area (Å²) < 4.78 is 0. The van der Waals surface area contributed by atoms with Crippen molar-refractivity contribution in [1.82, 2.24) is 20.4 Å².